The number of carbonyl (C=O) groups excluding carboxylic acids is 2. The number of fused-ring (bicyclic) bond motifs is 1. The molecule has 0 saturated heterocycles. The van der Waals surface area contributed by atoms with Crippen LogP contribution in [0, 0.1) is 0 Å². The van der Waals surface area contributed by atoms with E-state index in [-0.39, 0.29) is 12.4 Å². The Kier molecular flexibility index (Phi) is 6.13. The summed E-state index contributed by atoms with van der Waals surface area (Å²) in [6.45, 7) is 2.19. The molecule has 1 aliphatic rings. The van der Waals surface area contributed by atoms with Gasteiger partial charge in [-0.1, -0.05) is 31.0 Å². The van der Waals surface area contributed by atoms with Crippen LogP contribution in [0.4, 0.5) is 5.82 Å². The summed E-state index contributed by atoms with van der Waals surface area (Å²) in [6.07, 6.45) is 6.09. The molecule has 0 bridgehead atoms. The fourth-order valence-electron chi connectivity index (χ4n) is 3.84. The molecule has 0 radical (unpaired) electrons. The lowest BCUT2D eigenvalue weighted by Crippen LogP contribution is -2.23. The monoisotopic (exact) mass is 411 g/mol. The van der Waals surface area contributed by atoms with Gasteiger partial charge in [-0.15, -0.1) is 0 Å². The first-order valence-corrected chi connectivity index (χ1v) is 10.3. The van der Waals surface area contributed by atoms with Gasteiger partial charge in [-0.2, -0.15) is 5.10 Å². The van der Waals surface area contributed by atoms with Gasteiger partial charge in [0.15, 0.2) is 6.61 Å². The Morgan fingerprint density at radius 2 is 2.03 bits per heavy atom. The minimum atomic E-state index is -0.694. The van der Waals surface area contributed by atoms with Gasteiger partial charge < -0.3 is 19.2 Å². The van der Waals surface area contributed by atoms with Crippen LogP contribution >= 0.6 is 0 Å². The standard InChI is InChI=1S/C22H25N3O5/c1-2-28-13-17-16-9-5-6-10-18(16)30-21(17)22(27)29-14-20(26)24-19-11-12-23-25(19)15-7-3-4-8-15/h5-6,9-12,15H,2-4,7-8,13-14H2,1H3,(H,24,26). The number of amides is 1. The van der Waals surface area contributed by atoms with Crippen molar-refractivity contribution in [2.24, 2.45) is 0 Å². The predicted octanol–water partition coefficient (Wildman–Crippen LogP) is 4.08. The van der Waals surface area contributed by atoms with Crippen molar-refractivity contribution in [1.29, 1.82) is 0 Å². The maximum Gasteiger partial charge on any atom is 0.375 e. The van der Waals surface area contributed by atoms with Crippen molar-refractivity contribution < 1.29 is 23.5 Å². The molecule has 8 heteroatoms. The highest BCUT2D eigenvalue weighted by atomic mass is 16.5. The van der Waals surface area contributed by atoms with E-state index in [9.17, 15) is 9.59 Å². The third-order valence-electron chi connectivity index (χ3n) is 5.28. The van der Waals surface area contributed by atoms with Crippen molar-refractivity contribution in [1.82, 2.24) is 9.78 Å². The summed E-state index contributed by atoms with van der Waals surface area (Å²) in [5, 5.41) is 7.90. The summed E-state index contributed by atoms with van der Waals surface area (Å²) in [5.74, 6) is -0.442. The molecule has 1 N–H and O–H groups in total. The third kappa shape index (κ3) is 4.23. The van der Waals surface area contributed by atoms with Crippen LogP contribution in [0.3, 0.4) is 0 Å². The van der Waals surface area contributed by atoms with Crippen LogP contribution in [0.1, 0.15) is 54.8 Å². The molecule has 3 aromatic rings. The van der Waals surface area contributed by atoms with E-state index in [0.29, 0.717) is 29.6 Å². The van der Waals surface area contributed by atoms with Crippen LogP contribution in [0.25, 0.3) is 11.0 Å². The molecule has 8 nitrogen and oxygen atoms in total. The number of carbonyl (C=O) groups is 2. The molecule has 0 aliphatic heterocycles. The maximum absolute atomic E-state index is 12.6. The lowest BCUT2D eigenvalue weighted by atomic mass is 10.1. The highest BCUT2D eigenvalue weighted by Crippen LogP contribution is 2.31. The highest BCUT2D eigenvalue weighted by molar-refractivity contribution is 5.98. The fraction of sp³-hybridized carbons (Fsp3) is 0.409. The number of rotatable bonds is 8. The first-order valence-electron chi connectivity index (χ1n) is 10.3. The number of anilines is 1. The van der Waals surface area contributed by atoms with Gasteiger partial charge in [-0.05, 0) is 25.8 Å². The number of nitrogens with one attached hydrogen (secondary N) is 1. The Morgan fingerprint density at radius 3 is 2.83 bits per heavy atom. The fourth-order valence-corrected chi connectivity index (χ4v) is 3.84. The molecule has 0 spiro atoms. The summed E-state index contributed by atoms with van der Waals surface area (Å²) < 4.78 is 18.2. The first kappa shape index (κ1) is 20.2. The molecule has 2 heterocycles. The predicted molar refractivity (Wildman–Crippen MR) is 110 cm³/mol. The van der Waals surface area contributed by atoms with Crippen molar-refractivity contribution in [2.75, 3.05) is 18.5 Å². The van der Waals surface area contributed by atoms with E-state index in [1.807, 2.05) is 29.8 Å². The van der Waals surface area contributed by atoms with Gasteiger partial charge in [0.2, 0.25) is 5.76 Å². The molecule has 4 rings (SSSR count). The number of esters is 1. The highest BCUT2D eigenvalue weighted by Gasteiger charge is 2.24. The Bertz CT molecular complexity index is 1030. The normalized spacial score (nSPS) is 14.3. The quantitative estimate of drug-likeness (QED) is 0.561. The van der Waals surface area contributed by atoms with E-state index >= 15 is 0 Å². The molecule has 158 valence electrons. The van der Waals surface area contributed by atoms with Gasteiger partial charge >= 0.3 is 5.97 Å². The van der Waals surface area contributed by atoms with Gasteiger partial charge in [0.1, 0.15) is 11.4 Å². The summed E-state index contributed by atoms with van der Waals surface area (Å²) in [7, 11) is 0. The molecule has 1 saturated carbocycles. The molecule has 1 fully saturated rings. The molecule has 1 amide bonds. The number of hydrogen-bond acceptors (Lipinski definition) is 6. The Hall–Kier alpha value is -3.13. The second-order valence-electron chi connectivity index (χ2n) is 7.27. The van der Waals surface area contributed by atoms with Crippen LogP contribution in [0.2, 0.25) is 0 Å². The van der Waals surface area contributed by atoms with E-state index in [1.165, 1.54) is 0 Å². The van der Waals surface area contributed by atoms with Crippen LogP contribution in [0.15, 0.2) is 40.9 Å². The van der Waals surface area contributed by atoms with Gasteiger partial charge in [0, 0.05) is 23.6 Å². The molecule has 1 aliphatic carbocycles. The van der Waals surface area contributed by atoms with Gasteiger partial charge in [-0.3, -0.25) is 4.79 Å². The number of benzene rings is 1. The summed E-state index contributed by atoms with van der Waals surface area (Å²) in [5.41, 5.74) is 1.20. The minimum Gasteiger partial charge on any atom is -0.450 e. The average molecular weight is 411 g/mol. The number of ether oxygens (including phenoxy) is 2. The minimum absolute atomic E-state index is 0.0634. The zero-order valence-electron chi connectivity index (χ0n) is 16.9. The summed E-state index contributed by atoms with van der Waals surface area (Å²) in [6, 6.07) is 9.38. The smallest absolute Gasteiger partial charge is 0.375 e. The molecule has 0 unspecified atom stereocenters. The Balaban J connectivity index is 1.41. The van der Waals surface area contributed by atoms with Gasteiger partial charge in [0.05, 0.1) is 18.8 Å². The SMILES string of the molecule is CCOCc1c(C(=O)OCC(=O)Nc2ccnn2C2CCCC2)oc2ccccc12. The van der Waals surface area contributed by atoms with Crippen LogP contribution in [-0.4, -0.2) is 34.9 Å². The van der Waals surface area contributed by atoms with Crippen LogP contribution in [0.5, 0.6) is 0 Å². The van der Waals surface area contributed by atoms with Crippen molar-refractivity contribution in [3.8, 4) is 0 Å². The molecule has 0 atom stereocenters. The van der Waals surface area contributed by atoms with E-state index in [4.69, 9.17) is 13.9 Å². The summed E-state index contributed by atoms with van der Waals surface area (Å²) >= 11 is 0. The molecule has 1 aromatic carbocycles. The van der Waals surface area contributed by atoms with Crippen molar-refractivity contribution in [3.05, 3.63) is 47.9 Å². The number of furan rings is 1. The second-order valence-corrected chi connectivity index (χ2v) is 7.27. The van der Waals surface area contributed by atoms with Crippen molar-refractivity contribution >= 4 is 28.7 Å². The number of para-hydroxylation sites is 1. The molecule has 30 heavy (non-hydrogen) atoms. The number of aromatic nitrogens is 2. The Labute approximate surface area is 174 Å². The largest absolute Gasteiger partial charge is 0.450 e. The van der Waals surface area contributed by atoms with E-state index in [0.717, 1.165) is 31.1 Å². The average Bonchev–Trinajstić information content (AvgIpc) is 3.49. The van der Waals surface area contributed by atoms with Crippen molar-refractivity contribution in [2.45, 2.75) is 45.3 Å². The number of nitrogens with zero attached hydrogens (tertiary/aromatic N) is 2. The van der Waals surface area contributed by atoms with Gasteiger partial charge in [0.25, 0.3) is 5.91 Å². The van der Waals surface area contributed by atoms with Crippen molar-refractivity contribution in [3.63, 3.8) is 0 Å². The lowest BCUT2D eigenvalue weighted by Gasteiger charge is -2.14. The molecular weight excluding hydrogens is 386 g/mol. The molecule has 2 aromatic heterocycles. The third-order valence-corrected chi connectivity index (χ3v) is 5.28. The number of hydrogen-bond donors (Lipinski definition) is 1. The zero-order valence-corrected chi connectivity index (χ0v) is 16.9. The first-order chi connectivity index (χ1) is 14.7. The van der Waals surface area contributed by atoms with Crippen LogP contribution < -0.4 is 5.32 Å². The van der Waals surface area contributed by atoms with Crippen LogP contribution in [-0.2, 0) is 20.9 Å². The topological polar surface area (TPSA) is 95.6 Å². The van der Waals surface area contributed by atoms with Gasteiger partial charge in [-0.25, -0.2) is 9.48 Å². The summed E-state index contributed by atoms with van der Waals surface area (Å²) in [4.78, 5) is 25.0. The van der Waals surface area contributed by atoms with E-state index in [2.05, 4.69) is 10.4 Å². The van der Waals surface area contributed by atoms with E-state index in [1.54, 1.807) is 18.3 Å². The van der Waals surface area contributed by atoms with E-state index < -0.39 is 18.5 Å². The lowest BCUT2D eigenvalue weighted by molar-refractivity contribution is -0.119. The maximum atomic E-state index is 12.6. The Morgan fingerprint density at radius 1 is 1.23 bits per heavy atom. The molecular formula is C22H25N3O5. The zero-order chi connectivity index (χ0) is 20.9. The second kappa shape index (κ2) is 9.13.